The summed E-state index contributed by atoms with van der Waals surface area (Å²) >= 11 is 6.03. The number of aryl methyl sites for hydroxylation is 1. The molecule has 0 aliphatic heterocycles. The van der Waals surface area contributed by atoms with Gasteiger partial charge in [0.2, 0.25) is 11.9 Å². The van der Waals surface area contributed by atoms with Crippen molar-refractivity contribution in [1.82, 2.24) is 25.6 Å². The van der Waals surface area contributed by atoms with Gasteiger partial charge in [0.25, 0.3) is 5.91 Å². The SMILES string of the molecule is COC(=O)[C@H](CNC(=O)C(=O)Nc1ccc(-c2ccc(C)cc2)cc1)NC(=O)c1ccc(Nc2nc(NC3(c4ccc(Cl)cc4)CC3)nc(OCC(F)(F)F)n2)cc1. The van der Waals surface area contributed by atoms with Crippen LogP contribution >= 0.6 is 11.6 Å². The fourth-order valence-corrected chi connectivity index (χ4v) is 5.77. The number of amides is 3. The van der Waals surface area contributed by atoms with E-state index < -0.39 is 60.6 Å². The number of esters is 1. The van der Waals surface area contributed by atoms with E-state index >= 15 is 0 Å². The van der Waals surface area contributed by atoms with E-state index in [1.54, 1.807) is 36.4 Å². The summed E-state index contributed by atoms with van der Waals surface area (Å²) in [6.45, 7) is -0.111. The smallest absolute Gasteiger partial charge is 0.422 e. The zero-order chi connectivity index (χ0) is 41.5. The van der Waals surface area contributed by atoms with Crippen LogP contribution in [-0.4, -0.2) is 71.1 Å². The fourth-order valence-electron chi connectivity index (χ4n) is 5.64. The van der Waals surface area contributed by atoms with Gasteiger partial charge in [0.05, 0.1) is 12.6 Å². The number of carbonyl (C=O) groups is 4. The Hall–Kier alpha value is -6.75. The number of benzene rings is 4. The number of methoxy groups -OCH3 is 1. The molecule has 1 fully saturated rings. The molecular formula is C40H36ClF3N8O6. The second-order valence-corrected chi connectivity index (χ2v) is 13.7. The Kier molecular flexibility index (Phi) is 12.4. The van der Waals surface area contributed by atoms with Crippen LogP contribution in [0.5, 0.6) is 6.01 Å². The molecule has 1 aliphatic rings. The molecule has 0 spiro atoms. The number of carbonyl (C=O) groups excluding carboxylic acids is 4. The Morgan fingerprint density at radius 2 is 1.40 bits per heavy atom. The minimum Gasteiger partial charge on any atom is -0.467 e. The van der Waals surface area contributed by atoms with Crippen LogP contribution in [0.3, 0.4) is 0 Å². The molecule has 5 aromatic rings. The second-order valence-electron chi connectivity index (χ2n) is 13.2. The third-order valence-electron chi connectivity index (χ3n) is 8.87. The third-order valence-corrected chi connectivity index (χ3v) is 9.12. The van der Waals surface area contributed by atoms with Crippen LogP contribution in [0, 0.1) is 6.92 Å². The number of rotatable bonds is 14. The van der Waals surface area contributed by atoms with Crippen molar-refractivity contribution >= 4 is 58.6 Å². The van der Waals surface area contributed by atoms with Gasteiger partial charge in [-0.15, -0.1) is 0 Å². The normalized spacial score (nSPS) is 13.3. The highest BCUT2D eigenvalue weighted by atomic mass is 35.5. The average molecular weight is 817 g/mol. The predicted octanol–water partition coefficient (Wildman–Crippen LogP) is 6.31. The summed E-state index contributed by atoms with van der Waals surface area (Å²) in [6, 6.07) is 25.7. The minimum atomic E-state index is -4.64. The first-order valence-corrected chi connectivity index (χ1v) is 18.1. The van der Waals surface area contributed by atoms with E-state index in [9.17, 15) is 32.3 Å². The quantitative estimate of drug-likeness (QED) is 0.0625. The molecule has 1 saturated carbocycles. The Morgan fingerprint density at radius 1 is 0.793 bits per heavy atom. The van der Waals surface area contributed by atoms with Gasteiger partial charge in [-0.25, -0.2) is 4.79 Å². The van der Waals surface area contributed by atoms with Gasteiger partial charge in [-0.2, -0.15) is 28.1 Å². The number of halogens is 4. The Bertz CT molecular complexity index is 2270. The van der Waals surface area contributed by atoms with E-state index in [1.807, 2.05) is 43.3 Å². The van der Waals surface area contributed by atoms with Crippen LogP contribution in [-0.2, 0) is 24.7 Å². The largest absolute Gasteiger partial charge is 0.467 e. The van der Waals surface area contributed by atoms with Crippen molar-refractivity contribution in [2.24, 2.45) is 0 Å². The molecule has 0 saturated heterocycles. The predicted molar refractivity (Wildman–Crippen MR) is 209 cm³/mol. The second kappa shape index (κ2) is 17.6. The van der Waals surface area contributed by atoms with Crippen molar-refractivity contribution in [3.05, 3.63) is 119 Å². The number of aromatic nitrogens is 3. The highest BCUT2D eigenvalue weighted by molar-refractivity contribution is 6.39. The zero-order valence-corrected chi connectivity index (χ0v) is 31.7. The number of hydrogen-bond acceptors (Lipinski definition) is 11. The maximum absolute atomic E-state index is 13.1. The van der Waals surface area contributed by atoms with Gasteiger partial charge in [0.15, 0.2) is 6.61 Å². The van der Waals surface area contributed by atoms with Gasteiger partial charge in [-0.3, -0.25) is 14.4 Å². The third kappa shape index (κ3) is 11.0. The number of alkyl halides is 3. The maximum atomic E-state index is 13.1. The summed E-state index contributed by atoms with van der Waals surface area (Å²) in [7, 11) is 1.10. The summed E-state index contributed by atoms with van der Waals surface area (Å²) in [6.07, 6.45) is -3.24. The molecule has 1 atom stereocenters. The van der Waals surface area contributed by atoms with Crippen molar-refractivity contribution in [2.45, 2.75) is 37.5 Å². The van der Waals surface area contributed by atoms with E-state index in [0.29, 0.717) is 29.2 Å². The van der Waals surface area contributed by atoms with Crippen molar-refractivity contribution < 1.29 is 41.8 Å². The Morgan fingerprint density at radius 3 is 2.00 bits per heavy atom. The monoisotopic (exact) mass is 816 g/mol. The van der Waals surface area contributed by atoms with Crippen LogP contribution in [0.15, 0.2) is 97.1 Å². The fraction of sp³-hybridized carbons (Fsp3) is 0.225. The van der Waals surface area contributed by atoms with Crippen molar-refractivity contribution in [3.63, 3.8) is 0 Å². The maximum Gasteiger partial charge on any atom is 0.422 e. The van der Waals surface area contributed by atoms with Crippen molar-refractivity contribution in [1.29, 1.82) is 0 Å². The summed E-state index contributed by atoms with van der Waals surface area (Å²) in [5, 5.41) is 13.9. The first-order chi connectivity index (χ1) is 27.7. The molecule has 1 aromatic heterocycles. The molecule has 0 radical (unpaired) electrons. The molecule has 6 rings (SSSR count). The van der Waals surface area contributed by atoms with E-state index in [1.165, 1.54) is 24.3 Å². The van der Waals surface area contributed by atoms with Gasteiger partial charge in [-0.05, 0) is 85.0 Å². The Labute approximate surface area is 334 Å². The van der Waals surface area contributed by atoms with Crippen molar-refractivity contribution in [2.75, 3.05) is 36.2 Å². The first kappa shape index (κ1) is 40.9. The van der Waals surface area contributed by atoms with Gasteiger partial charge in [0, 0.05) is 28.5 Å². The van der Waals surface area contributed by atoms with E-state index in [0.717, 1.165) is 29.4 Å². The van der Waals surface area contributed by atoms with E-state index in [2.05, 4.69) is 41.5 Å². The summed E-state index contributed by atoms with van der Waals surface area (Å²) in [5.41, 5.74) is 4.14. The molecule has 0 unspecified atom stereocenters. The molecule has 300 valence electrons. The highest BCUT2D eigenvalue weighted by Crippen LogP contribution is 2.48. The van der Waals surface area contributed by atoms with Crippen molar-refractivity contribution in [3.8, 4) is 17.1 Å². The lowest BCUT2D eigenvalue weighted by Gasteiger charge is -2.19. The van der Waals surface area contributed by atoms with Gasteiger partial charge >= 0.3 is 30.0 Å². The van der Waals surface area contributed by atoms with E-state index in [4.69, 9.17) is 21.1 Å². The number of anilines is 4. The topological polar surface area (TPSA) is 186 Å². The molecule has 1 heterocycles. The van der Waals surface area contributed by atoms with Gasteiger partial charge in [0.1, 0.15) is 6.04 Å². The molecule has 5 N–H and O–H groups in total. The number of nitrogens with zero attached hydrogens (tertiary/aromatic N) is 3. The highest BCUT2D eigenvalue weighted by Gasteiger charge is 2.45. The number of ether oxygens (including phenoxy) is 2. The molecule has 14 nitrogen and oxygen atoms in total. The lowest BCUT2D eigenvalue weighted by atomic mass is 10.0. The van der Waals surface area contributed by atoms with Crippen LogP contribution in [0.1, 0.15) is 34.3 Å². The Balaban J connectivity index is 1.06. The zero-order valence-electron chi connectivity index (χ0n) is 30.9. The van der Waals surface area contributed by atoms with Crippen LogP contribution in [0.4, 0.5) is 36.4 Å². The minimum absolute atomic E-state index is 0.0379. The number of hydrogen-bond donors (Lipinski definition) is 5. The molecule has 58 heavy (non-hydrogen) atoms. The lowest BCUT2D eigenvalue weighted by Crippen LogP contribution is -2.50. The summed E-state index contributed by atoms with van der Waals surface area (Å²) in [4.78, 5) is 63.2. The molecule has 3 amide bonds. The van der Waals surface area contributed by atoms with Crippen LogP contribution in [0.25, 0.3) is 11.1 Å². The van der Waals surface area contributed by atoms with Crippen LogP contribution in [0.2, 0.25) is 5.02 Å². The molecule has 4 aromatic carbocycles. The number of nitrogens with one attached hydrogen (secondary N) is 5. The molecule has 0 bridgehead atoms. The average Bonchev–Trinajstić information content (AvgIpc) is 3.99. The lowest BCUT2D eigenvalue weighted by molar-refractivity contribution is -0.154. The molecule has 18 heteroatoms. The van der Waals surface area contributed by atoms with Crippen LogP contribution < -0.4 is 31.3 Å². The van der Waals surface area contributed by atoms with Gasteiger partial charge < -0.3 is 36.1 Å². The standard InChI is InChI=1S/C40H36ClF3N8O6/c1-23-3-5-24(6-4-23)25-7-15-29(16-8-25)46-34(55)33(54)45-21-31(35(56)57-2)48-32(53)26-9-17-30(18-10-26)47-36-49-37(51-38(50-36)58-22-40(42,43)44)52-39(19-20-39)27-11-13-28(41)14-12-27/h3-18,31H,19-22H2,1-2H3,(H,45,54)(H,46,55)(H,48,53)(H2,47,49,50,51,52)/t31-/m0/s1. The van der Waals surface area contributed by atoms with E-state index in [-0.39, 0.29) is 17.5 Å². The molecular weight excluding hydrogens is 781 g/mol. The first-order valence-electron chi connectivity index (χ1n) is 17.7. The summed E-state index contributed by atoms with van der Waals surface area (Å²) < 4.78 is 48.6. The molecule has 1 aliphatic carbocycles. The summed E-state index contributed by atoms with van der Waals surface area (Å²) in [5.74, 6) is -3.84. The van der Waals surface area contributed by atoms with Gasteiger partial charge in [-0.1, -0.05) is 65.7 Å².